The summed E-state index contributed by atoms with van der Waals surface area (Å²) in [5, 5.41) is 3.04. The van der Waals surface area contributed by atoms with Crippen molar-refractivity contribution >= 4 is 17.5 Å². The highest BCUT2D eigenvalue weighted by molar-refractivity contribution is 5.99. The quantitative estimate of drug-likeness (QED) is 0.876. The molecule has 2 amide bonds. The molecule has 1 aliphatic heterocycles. The fourth-order valence-corrected chi connectivity index (χ4v) is 2.70. The molecule has 0 aliphatic carbocycles. The Balaban J connectivity index is 1.99. The molecule has 1 unspecified atom stereocenters. The lowest BCUT2D eigenvalue weighted by molar-refractivity contribution is -0.117. The van der Waals surface area contributed by atoms with Gasteiger partial charge < -0.3 is 10.2 Å². The molecule has 1 saturated heterocycles. The molecule has 1 heterocycles. The molecule has 4 heteroatoms. The van der Waals surface area contributed by atoms with Crippen LogP contribution >= 0.6 is 0 Å². The molecule has 1 aliphatic rings. The van der Waals surface area contributed by atoms with E-state index in [1.165, 1.54) is 0 Å². The van der Waals surface area contributed by atoms with E-state index in [1.807, 2.05) is 25.1 Å². The Labute approximate surface area is 132 Å². The number of carbonyl (C=O) groups is 2. The van der Waals surface area contributed by atoms with Crippen molar-refractivity contribution in [1.82, 2.24) is 5.32 Å². The molecule has 120 valence electrons. The summed E-state index contributed by atoms with van der Waals surface area (Å²) < 4.78 is 0. The molecule has 0 radical (unpaired) electrons. The average molecular weight is 302 g/mol. The molecule has 1 aromatic carbocycles. The number of anilines is 1. The summed E-state index contributed by atoms with van der Waals surface area (Å²) in [7, 11) is 0. The van der Waals surface area contributed by atoms with Gasteiger partial charge in [0, 0.05) is 30.3 Å². The summed E-state index contributed by atoms with van der Waals surface area (Å²) in [5.74, 6) is 0.719. The number of hydrogen-bond donors (Lipinski definition) is 1. The first kappa shape index (κ1) is 16.5. The first-order valence-electron chi connectivity index (χ1n) is 8.18. The maximum Gasteiger partial charge on any atom is 0.251 e. The number of nitrogens with one attached hydrogen (secondary N) is 1. The predicted molar refractivity (Wildman–Crippen MR) is 89.0 cm³/mol. The predicted octanol–water partition coefficient (Wildman–Crippen LogP) is 3.37. The van der Waals surface area contributed by atoms with Gasteiger partial charge in [-0.25, -0.2) is 0 Å². The van der Waals surface area contributed by atoms with Gasteiger partial charge in [-0.15, -0.1) is 0 Å². The molecule has 0 bridgehead atoms. The van der Waals surface area contributed by atoms with Crippen LogP contribution in [-0.4, -0.2) is 24.4 Å². The monoisotopic (exact) mass is 302 g/mol. The fourth-order valence-electron chi connectivity index (χ4n) is 2.70. The van der Waals surface area contributed by atoms with Gasteiger partial charge in [-0.05, 0) is 50.3 Å². The lowest BCUT2D eigenvalue weighted by Gasteiger charge is -2.18. The summed E-state index contributed by atoms with van der Waals surface area (Å²) in [6.45, 7) is 7.15. The first-order chi connectivity index (χ1) is 10.5. The smallest absolute Gasteiger partial charge is 0.251 e. The van der Waals surface area contributed by atoms with Gasteiger partial charge >= 0.3 is 0 Å². The minimum atomic E-state index is -0.0650. The largest absolute Gasteiger partial charge is 0.350 e. The van der Waals surface area contributed by atoms with Crippen molar-refractivity contribution in [3.05, 3.63) is 29.8 Å². The second-order valence-corrected chi connectivity index (χ2v) is 6.54. The van der Waals surface area contributed by atoms with E-state index < -0.39 is 0 Å². The molecule has 1 aromatic rings. The molecule has 2 rings (SSSR count). The zero-order valence-electron chi connectivity index (χ0n) is 13.8. The van der Waals surface area contributed by atoms with Crippen molar-refractivity contribution < 1.29 is 9.59 Å². The van der Waals surface area contributed by atoms with Crippen molar-refractivity contribution in [2.24, 2.45) is 5.92 Å². The Morgan fingerprint density at radius 3 is 2.68 bits per heavy atom. The Bertz CT molecular complexity index is 540. The molecular formula is C18H26N2O2. The van der Waals surface area contributed by atoms with Crippen LogP contribution in [0.4, 0.5) is 5.69 Å². The van der Waals surface area contributed by atoms with Crippen LogP contribution in [0.1, 0.15) is 56.8 Å². The van der Waals surface area contributed by atoms with Crippen LogP contribution in [0.5, 0.6) is 0 Å². The van der Waals surface area contributed by atoms with Crippen LogP contribution in [0.25, 0.3) is 0 Å². The van der Waals surface area contributed by atoms with E-state index in [2.05, 4.69) is 19.2 Å². The van der Waals surface area contributed by atoms with E-state index >= 15 is 0 Å². The maximum atomic E-state index is 12.3. The van der Waals surface area contributed by atoms with E-state index in [0.717, 1.165) is 31.5 Å². The molecule has 0 saturated carbocycles. The van der Waals surface area contributed by atoms with Crippen LogP contribution in [0.15, 0.2) is 24.3 Å². The van der Waals surface area contributed by atoms with Crippen molar-refractivity contribution in [3.63, 3.8) is 0 Å². The molecule has 4 nitrogen and oxygen atoms in total. The van der Waals surface area contributed by atoms with Crippen LogP contribution in [-0.2, 0) is 4.79 Å². The standard InChI is InChI=1S/C18H26N2O2/c1-13(2)9-10-14(3)19-18(22)15-6-4-7-16(12-15)20-11-5-8-17(20)21/h4,6-7,12-14H,5,8-11H2,1-3H3,(H,19,22). The number of nitrogens with zero attached hydrogens (tertiary/aromatic N) is 1. The lowest BCUT2D eigenvalue weighted by atomic mass is 10.0. The van der Waals surface area contributed by atoms with E-state index in [-0.39, 0.29) is 17.9 Å². The van der Waals surface area contributed by atoms with E-state index in [1.54, 1.807) is 11.0 Å². The normalized spacial score (nSPS) is 16.2. The van der Waals surface area contributed by atoms with Gasteiger partial charge in [0.05, 0.1) is 0 Å². The van der Waals surface area contributed by atoms with Crippen LogP contribution in [0, 0.1) is 5.92 Å². The van der Waals surface area contributed by atoms with Gasteiger partial charge in [0.1, 0.15) is 0 Å². The Morgan fingerprint density at radius 1 is 1.27 bits per heavy atom. The highest BCUT2D eigenvalue weighted by Gasteiger charge is 2.22. The maximum absolute atomic E-state index is 12.3. The van der Waals surface area contributed by atoms with Gasteiger partial charge in [-0.2, -0.15) is 0 Å². The van der Waals surface area contributed by atoms with Gasteiger partial charge in [-0.3, -0.25) is 9.59 Å². The van der Waals surface area contributed by atoms with Crippen LogP contribution in [0.3, 0.4) is 0 Å². The number of hydrogen-bond acceptors (Lipinski definition) is 2. The summed E-state index contributed by atoms with van der Waals surface area (Å²) in [6, 6.07) is 7.51. The summed E-state index contributed by atoms with van der Waals surface area (Å²) in [5.41, 5.74) is 1.44. The summed E-state index contributed by atoms with van der Waals surface area (Å²) >= 11 is 0. The second kappa shape index (κ2) is 7.43. The van der Waals surface area contributed by atoms with E-state index in [9.17, 15) is 9.59 Å². The minimum absolute atomic E-state index is 0.0650. The number of carbonyl (C=O) groups excluding carboxylic acids is 2. The van der Waals surface area contributed by atoms with Crippen molar-refractivity contribution in [2.75, 3.05) is 11.4 Å². The SMILES string of the molecule is CC(C)CCC(C)NC(=O)c1cccc(N2CCCC2=O)c1. The topological polar surface area (TPSA) is 49.4 Å². The summed E-state index contributed by atoms with van der Waals surface area (Å²) in [4.78, 5) is 25.9. The average Bonchev–Trinajstić information content (AvgIpc) is 2.91. The van der Waals surface area contributed by atoms with Crippen molar-refractivity contribution in [3.8, 4) is 0 Å². The molecule has 0 aromatic heterocycles. The Morgan fingerprint density at radius 2 is 2.05 bits per heavy atom. The number of rotatable bonds is 6. The molecule has 1 N–H and O–H groups in total. The lowest BCUT2D eigenvalue weighted by Crippen LogP contribution is -2.33. The highest BCUT2D eigenvalue weighted by Crippen LogP contribution is 2.22. The van der Waals surface area contributed by atoms with Crippen molar-refractivity contribution in [1.29, 1.82) is 0 Å². The third kappa shape index (κ3) is 4.33. The second-order valence-electron chi connectivity index (χ2n) is 6.54. The molecule has 0 spiro atoms. The van der Waals surface area contributed by atoms with Gasteiger partial charge in [0.25, 0.3) is 5.91 Å². The van der Waals surface area contributed by atoms with E-state index in [0.29, 0.717) is 17.9 Å². The number of amides is 2. The van der Waals surface area contributed by atoms with Crippen LogP contribution < -0.4 is 10.2 Å². The van der Waals surface area contributed by atoms with Gasteiger partial charge in [0.2, 0.25) is 5.91 Å². The molecule has 1 atom stereocenters. The van der Waals surface area contributed by atoms with E-state index in [4.69, 9.17) is 0 Å². The zero-order chi connectivity index (χ0) is 16.1. The van der Waals surface area contributed by atoms with Gasteiger partial charge in [-0.1, -0.05) is 19.9 Å². The fraction of sp³-hybridized carbons (Fsp3) is 0.556. The zero-order valence-corrected chi connectivity index (χ0v) is 13.8. The summed E-state index contributed by atoms with van der Waals surface area (Å²) in [6.07, 6.45) is 3.57. The van der Waals surface area contributed by atoms with Gasteiger partial charge in [0.15, 0.2) is 0 Å². The molecular weight excluding hydrogens is 276 g/mol. The Hall–Kier alpha value is -1.84. The first-order valence-corrected chi connectivity index (χ1v) is 8.18. The molecule has 1 fully saturated rings. The molecule has 22 heavy (non-hydrogen) atoms. The van der Waals surface area contributed by atoms with Crippen LogP contribution in [0.2, 0.25) is 0 Å². The third-order valence-corrected chi connectivity index (χ3v) is 4.05. The Kier molecular flexibility index (Phi) is 5.58. The third-order valence-electron chi connectivity index (χ3n) is 4.05. The number of benzene rings is 1. The highest BCUT2D eigenvalue weighted by atomic mass is 16.2. The minimum Gasteiger partial charge on any atom is -0.350 e. The van der Waals surface area contributed by atoms with Crippen molar-refractivity contribution in [2.45, 2.75) is 52.5 Å².